The van der Waals surface area contributed by atoms with Crippen molar-refractivity contribution in [3.63, 3.8) is 0 Å². The summed E-state index contributed by atoms with van der Waals surface area (Å²) in [5, 5.41) is 2.90. The number of nitrogens with one attached hydrogen (secondary N) is 1. The van der Waals surface area contributed by atoms with Gasteiger partial charge in [-0.2, -0.15) is 0 Å². The summed E-state index contributed by atoms with van der Waals surface area (Å²) in [6.07, 6.45) is 2.29. The molecular formula is C26H19ClFN3O3. The summed E-state index contributed by atoms with van der Waals surface area (Å²) in [5.74, 6) is -2.03. The normalized spacial score (nSPS) is 16.8. The van der Waals surface area contributed by atoms with Gasteiger partial charge in [0.1, 0.15) is 11.4 Å². The molecule has 0 spiro atoms. The lowest BCUT2D eigenvalue weighted by molar-refractivity contribution is -0.122. The van der Waals surface area contributed by atoms with E-state index in [2.05, 4.69) is 10.2 Å². The van der Waals surface area contributed by atoms with Crippen molar-refractivity contribution < 1.29 is 18.8 Å². The van der Waals surface area contributed by atoms with Crippen molar-refractivity contribution in [2.24, 2.45) is 0 Å². The van der Waals surface area contributed by atoms with Gasteiger partial charge < -0.3 is 4.90 Å². The van der Waals surface area contributed by atoms with Gasteiger partial charge in [-0.1, -0.05) is 35.9 Å². The Kier molecular flexibility index (Phi) is 5.63. The number of hydrogen-bond donors (Lipinski definition) is 1. The first-order valence-electron chi connectivity index (χ1n) is 10.7. The minimum absolute atomic E-state index is 0.171. The van der Waals surface area contributed by atoms with Crippen LogP contribution in [0.2, 0.25) is 5.02 Å². The molecule has 0 saturated carbocycles. The molecule has 1 N–H and O–H groups in total. The van der Waals surface area contributed by atoms with E-state index in [1.54, 1.807) is 0 Å². The van der Waals surface area contributed by atoms with E-state index in [0.717, 1.165) is 51.8 Å². The van der Waals surface area contributed by atoms with Gasteiger partial charge >= 0.3 is 6.03 Å². The zero-order chi connectivity index (χ0) is 23.8. The number of imide groups is 2. The maximum atomic E-state index is 13.3. The third-order valence-electron chi connectivity index (χ3n) is 5.91. The van der Waals surface area contributed by atoms with Crippen LogP contribution in [-0.2, 0) is 22.6 Å². The lowest BCUT2D eigenvalue weighted by atomic mass is 10.0. The summed E-state index contributed by atoms with van der Waals surface area (Å²) >= 11 is 6.31. The molecule has 5 rings (SSSR count). The fourth-order valence-corrected chi connectivity index (χ4v) is 4.42. The number of carbonyl (C=O) groups is 3. The number of rotatable bonds is 4. The molecule has 0 unspecified atom stereocenters. The number of urea groups is 1. The summed E-state index contributed by atoms with van der Waals surface area (Å²) in [4.78, 5) is 40.8. The summed E-state index contributed by atoms with van der Waals surface area (Å²) in [5.41, 5.74) is 3.88. The average molecular weight is 476 g/mol. The third-order valence-corrected chi connectivity index (χ3v) is 6.28. The van der Waals surface area contributed by atoms with E-state index < -0.39 is 23.7 Å². The van der Waals surface area contributed by atoms with Crippen molar-refractivity contribution in [3.8, 4) is 0 Å². The molecule has 2 aliphatic rings. The topological polar surface area (TPSA) is 69.7 Å². The number of fused-ring (bicyclic) bond motifs is 1. The Bertz CT molecular complexity index is 1350. The monoisotopic (exact) mass is 475 g/mol. The lowest BCUT2D eigenvalue weighted by Crippen LogP contribution is -2.54. The van der Waals surface area contributed by atoms with Crippen LogP contribution in [0.4, 0.5) is 20.6 Å². The van der Waals surface area contributed by atoms with Gasteiger partial charge in [0, 0.05) is 23.8 Å². The Labute approximate surface area is 200 Å². The molecule has 2 aliphatic heterocycles. The molecule has 8 heteroatoms. The van der Waals surface area contributed by atoms with Gasteiger partial charge in [0.2, 0.25) is 0 Å². The summed E-state index contributed by atoms with van der Waals surface area (Å²) in [6, 6.07) is 17.5. The standard InChI is InChI=1S/C26H19ClFN3O3/c27-22-4-2-1-3-18(22)15-30-12-11-17-13-16(5-10-23(17)30)14-21-24(32)29-26(34)31(25(21)33)20-8-6-19(28)7-9-20/h1-10,13-14H,11-12,15H2,(H,29,32,34)/b21-14+. The molecule has 2 heterocycles. The predicted octanol–water partition coefficient (Wildman–Crippen LogP) is 4.71. The Hall–Kier alpha value is -3.97. The first-order chi connectivity index (χ1) is 16.4. The molecule has 170 valence electrons. The number of benzene rings is 3. The second-order valence-corrected chi connectivity index (χ2v) is 8.49. The SMILES string of the molecule is O=C1NC(=O)N(c2ccc(F)cc2)C(=O)/C1=C/c1ccc2c(c1)CCN2Cc1ccccc1Cl. The van der Waals surface area contributed by atoms with Gasteiger partial charge in [0.05, 0.1) is 5.69 Å². The minimum atomic E-state index is -0.872. The zero-order valence-electron chi connectivity index (χ0n) is 17.9. The van der Waals surface area contributed by atoms with Gasteiger partial charge in [-0.25, -0.2) is 14.1 Å². The van der Waals surface area contributed by atoms with E-state index in [1.165, 1.54) is 18.2 Å². The van der Waals surface area contributed by atoms with E-state index in [-0.39, 0.29) is 11.3 Å². The molecule has 6 nitrogen and oxygen atoms in total. The molecule has 3 aromatic carbocycles. The van der Waals surface area contributed by atoms with Crippen molar-refractivity contribution in [2.75, 3.05) is 16.3 Å². The summed E-state index contributed by atoms with van der Waals surface area (Å²) in [7, 11) is 0. The first kappa shape index (κ1) is 21.9. The summed E-state index contributed by atoms with van der Waals surface area (Å²) < 4.78 is 13.3. The second kappa shape index (κ2) is 8.76. The zero-order valence-corrected chi connectivity index (χ0v) is 18.7. The number of anilines is 2. The van der Waals surface area contributed by atoms with Crippen molar-refractivity contribution >= 4 is 46.9 Å². The maximum Gasteiger partial charge on any atom is 0.335 e. The van der Waals surface area contributed by atoms with Gasteiger partial charge in [0.15, 0.2) is 0 Å². The molecule has 0 aliphatic carbocycles. The molecule has 0 atom stereocenters. The molecule has 0 bridgehead atoms. The Balaban J connectivity index is 1.41. The van der Waals surface area contributed by atoms with Crippen LogP contribution in [0.5, 0.6) is 0 Å². The Morgan fingerprint density at radius 1 is 1.00 bits per heavy atom. The number of halogens is 2. The molecule has 3 aromatic rings. The van der Waals surface area contributed by atoms with Crippen molar-refractivity contribution in [3.05, 3.63) is 99.8 Å². The van der Waals surface area contributed by atoms with Crippen LogP contribution < -0.4 is 15.1 Å². The van der Waals surface area contributed by atoms with Crippen LogP contribution in [0.3, 0.4) is 0 Å². The fraction of sp³-hybridized carbons (Fsp3) is 0.115. The molecule has 4 amide bonds. The Morgan fingerprint density at radius 3 is 2.53 bits per heavy atom. The van der Waals surface area contributed by atoms with E-state index in [0.29, 0.717) is 12.1 Å². The average Bonchev–Trinajstić information content (AvgIpc) is 3.21. The number of carbonyl (C=O) groups excluding carboxylic acids is 3. The molecule has 0 aromatic heterocycles. The number of hydrogen-bond acceptors (Lipinski definition) is 4. The molecular weight excluding hydrogens is 457 g/mol. The van der Waals surface area contributed by atoms with Crippen molar-refractivity contribution in [1.82, 2.24) is 5.32 Å². The van der Waals surface area contributed by atoms with Gasteiger partial charge in [-0.05, 0) is 71.7 Å². The predicted molar refractivity (Wildman–Crippen MR) is 128 cm³/mol. The number of amides is 4. The first-order valence-corrected chi connectivity index (χ1v) is 11.1. The van der Waals surface area contributed by atoms with E-state index in [1.807, 2.05) is 42.5 Å². The van der Waals surface area contributed by atoms with Crippen LogP contribution in [0.25, 0.3) is 6.08 Å². The number of nitrogens with zero attached hydrogens (tertiary/aromatic N) is 2. The highest BCUT2D eigenvalue weighted by molar-refractivity contribution is 6.39. The van der Waals surface area contributed by atoms with Crippen LogP contribution in [0.1, 0.15) is 16.7 Å². The second-order valence-electron chi connectivity index (χ2n) is 8.09. The molecule has 34 heavy (non-hydrogen) atoms. The van der Waals surface area contributed by atoms with Crippen molar-refractivity contribution in [1.29, 1.82) is 0 Å². The smallest absolute Gasteiger partial charge is 0.335 e. The molecule has 0 radical (unpaired) electrons. The maximum absolute atomic E-state index is 13.3. The largest absolute Gasteiger partial charge is 0.367 e. The lowest BCUT2D eigenvalue weighted by Gasteiger charge is -2.26. The third kappa shape index (κ3) is 4.06. The highest BCUT2D eigenvalue weighted by Crippen LogP contribution is 2.32. The molecule has 1 saturated heterocycles. The van der Waals surface area contributed by atoms with E-state index >= 15 is 0 Å². The Morgan fingerprint density at radius 2 is 1.76 bits per heavy atom. The van der Waals surface area contributed by atoms with Crippen LogP contribution in [0.15, 0.2) is 72.3 Å². The number of barbiturate groups is 1. The van der Waals surface area contributed by atoms with Gasteiger partial charge in [-0.3, -0.25) is 14.9 Å². The van der Waals surface area contributed by atoms with Crippen LogP contribution in [0, 0.1) is 5.82 Å². The minimum Gasteiger partial charge on any atom is -0.367 e. The van der Waals surface area contributed by atoms with Crippen LogP contribution >= 0.6 is 11.6 Å². The van der Waals surface area contributed by atoms with E-state index in [9.17, 15) is 18.8 Å². The molecule has 1 fully saturated rings. The van der Waals surface area contributed by atoms with Crippen LogP contribution in [-0.4, -0.2) is 24.4 Å². The highest BCUT2D eigenvalue weighted by Gasteiger charge is 2.36. The van der Waals surface area contributed by atoms with Gasteiger partial charge in [0.25, 0.3) is 11.8 Å². The van der Waals surface area contributed by atoms with Gasteiger partial charge in [-0.15, -0.1) is 0 Å². The fourth-order valence-electron chi connectivity index (χ4n) is 4.23. The van der Waals surface area contributed by atoms with E-state index in [4.69, 9.17) is 11.6 Å². The van der Waals surface area contributed by atoms with Crippen molar-refractivity contribution in [2.45, 2.75) is 13.0 Å². The quantitative estimate of drug-likeness (QED) is 0.438. The summed E-state index contributed by atoms with van der Waals surface area (Å²) in [6.45, 7) is 1.51. The highest BCUT2D eigenvalue weighted by atomic mass is 35.5.